The highest BCUT2D eigenvalue weighted by Crippen LogP contribution is 2.43. The number of carbonyl (C=O) groups excluding carboxylic acids is 1. The van der Waals surface area contributed by atoms with Gasteiger partial charge in [0.05, 0.1) is 0 Å². The minimum atomic E-state index is 0.103. The normalized spacial score (nSPS) is 21.4. The van der Waals surface area contributed by atoms with Gasteiger partial charge in [0.15, 0.2) is 0 Å². The van der Waals surface area contributed by atoms with Crippen molar-refractivity contribution in [2.45, 2.75) is 47.0 Å². The van der Waals surface area contributed by atoms with Crippen LogP contribution in [-0.2, 0) is 4.79 Å². The van der Waals surface area contributed by atoms with Crippen molar-refractivity contribution in [3.63, 3.8) is 0 Å². The molecule has 19 heavy (non-hydrogen) atoms. The van der Waals surface area contributed by atoms with Gasteiger partial charge in [-0.25, -0.2) is 0 Å². The van der Waals surface area contributed by atoms with Gasteiger partial charge in [0.1, 0.15) is 0 Å². The van der Waals surface area contributed by atoms with Crippen molar-refractivity contribution < 1.29 is 4.79 Å². The topological polar surface area (TPSA) is 55.1 Å². The van der Waals surface area contributed by atoms with Crippen molar-refractivity contribution in [1.82, 2.24) is 0 Å². The molecule has 0 saturated heterocycles. The third-order valence-electron chi connectivity index (χ3n) is 4.54. The largest absolute Gasteiger partial charge is 0.398 e. The first kappa shape index (κ1) is 13.9. The van der Waals surface area contributed by atoms with E-state index >= 15 is 0 Å². The average Bonchev–Trinajstić information content (AvgIpc) is 2.69. The molecule has 0 radical (unpaired) electrons. The minimum absolute atomic E-state index is 0.103. The first-order valence-electron chi connectivity index (χ1n) is 6.99. The summed E-state index contributed by atoms with van der Waals surface area (Å²) in [6, 6.07) is 3.84. The maximum absolute atomic E-state index is 12.5. The number of hydrogen-bond donors (Lipinski definition) is 2. The molecule has 1 aliphatic carbocycles. The quantitative estimate of drug-likeness (QED) is 0.797. The first-order chi connectivity index (χ1) is 8.83. The average molecular weight is 260 g/mol. The van der Waals surface area contributed by atoms with Crippen molar-refractivity contribution in [1.29, 1.82) is 0 Å². The number of rotatable bonds is 2. The van der Waals surface area contributed by atoms with E-state index in [2.05, 4.69) is 19.2 Å². The fraction of sp³-hybridized carbons (Fsp3) is 0.562. The molecule has 1 aliphatic rings. The van der Waals surface area contributed by atoms with E-state index in [1.54, 1.807) is 0 Å². The van der Waals surface area contributed by atoms with Crippen LogP contribution >= 0.6 is 0 Å². The summed E-state index contributed by atoms with van der Waals surface area (Å²) in [5.41, 5.74) is 9.66. The number of nitrogen functional groups attached to an aromatic ring is 1. The Bertz CT molecular complexity index is 506. The van der Waals surface area contributed by atoms with E-state index in [1.807, 2.05) is 26.0 Å². The van der Waals surface area contributed by atoms with Gasteiger partial charge in [-0.2, -0.15) is 0 Å². The standard InChI is InChI=1S/C16H24N2O/c1-10-7-8-13(17)11(2)14(10)18-15(19)12-6-5-9-16(12,3)4/h7-8,12H,5-6,9,17H2,1-4H3,(H,18,19). The fourth-order valence-corrected chi connectivity index (χ4v) is 3.08. The van der Waals surface area contributed by atoms with Gasteiger partial charge >= 0.3 is 0 Å². The molecule has 1 saturated carbocycles. The fourth-order valence-electron chi connectivity index (χ4n) is 3.08. The summed E-state index contributed by atoms with van der Waals surface area (Å²) in [5.74, 6) is 0.243. The van der Waals surface area contributed by atoms with Crippen LogP contribution in [0.1, 0.15) is 44.2 Å². The molecule has 0 aliphatic heterocycles. The van der Waals surface area contributed by atoms with Gasteiger partial charge < -0.3 is 11.1 Å². The molecule has 1 atom stereocenters. The lowest BCUT2D eigenvalue weighted by atomic mass is 9.81. The molecule has 2 rings (SSSR count). The van der Waals surface area contributed by atoms with Gasteiger partial charge in [-0.3, -0.25) is 4.79 Å². The molecule has 1 aromatic rings. The lowest BCUT2D eigenvalue weighted by Gasteiger charge is -2.26. The first-order valence-corrected chi connectivity index (χ1v) is 6.99. The van der Waals surface area contributed by atoms with E-state index < -0.39 is 0 Å². The molecule has 0 aromatic heterocycles. The Morgan fingerprint density at radius 2 is 2.05 bits per heavy atom. The summed E-state index contributed by atoms with van der Waals surface area (Å²) in [5, 5.41) is 3.10. The van der Waals surface area contributed by atoms with Crippen LogP contribution < -0.4 is 11.1 Å². The molecule has 1 unspecified atom stereocenters. The number of amides is 1. The molecule has 3 N–H and O–H groups in total. The zero-order valence-corrected chi connectivity index (χ0v) is 12.3. The van der Waals surface area contributed by atoms with Crippen molar-refractivity contribution >= 4 is 17.3 Å². The summed E-state index contributed by atoms with van der Waals surface area (Å²) in [6.45, 7) is 8.33. The van der Waals surface area contributed by atoms with Crippen LogP contribution in [0, 0.1) is 25.2 Å². The monoisotopic (exact) mass is 260 g/mol. The summed E-state index contributed by atoms with van der Waals surface area (Å²) in [6.07, 6.45) is 3.25. The second-order valence-corrected chi connectivity index (χ2v) is 6.39. The molecule has 0 bridgehead atoms. The van der Waals surface area contributed by atoms with E-state index in [4.69, 9.17) is 5.73 Å². The number of benzene rings is 1. The number of carbonyl (C=O) groups is 1. The molecular formula is C16H24N2O. The molecule has 0 spiro atoms. The molecule has 3 heteroatoms. The van der Waals surface area contributed by atoms with Gasteiger partial charge in [0.25, 0.3) is 0 Å². The second-order valence-electron chi connectivity index (χ2n) is 6.39. The number of hydrogen-bond acceptors (Lipinski definition) is 2. The molecule has 1 aromatic carbocycles. The molecule has 1 fully saturated rings. The SMILES string of the molecule is Cc1ccc(N)c(C)c1NC(=O)C1CCCC1(C)C. The molecule has 104 valence electrons. The molecule has 0 heterocycles. The Labute approximate surface area is 115 Å². The third kappa shape index (κ3) is 2.60. The smallest absolute Gasteiger partial charge is 0.228 e. The second kappa shape index (κ2) is 4.87. The highest BCUT2D eigenvalue weighted by Gasteiger charge is 2.39. The van der Waals surface area contributed by atoms with Crippen LogP contribution in [-0.4, -0.2) is 5.91 Å². The number of anilines is 2. The van der Waals surface area contributed by atoms with Gasteiger partial charge in [-0.15, -0.1) is 0 Å². The third-order valence-corrected chi connectivity index (χ3v) is 4.54. The summed E-state index contributed by atoms with van der Waals surface area (Å²) in [4.78, 5) is 12.5. The maximum atomic E-state index is 12.5. The zero-order valence-electron chi connectivity index (χ0n) is 12.3. The van der Waals surface area contributed by atoms with Crippen molar-refractivity contribution in [2.75, 3.05) is 11.1 Å². The van der Waals surface area contributed by atoms with E-state index in [0.717, 1.165) is 41.8 Å². The van der Waals surface area contributed by atoms with E-state index in [0.29, 0.717) is 0 Å². The summed E-state index contributed by atoms with van der Waals surface area (Å²) >= 11 is 0. The predicted octanol–water partition coefficient (Wildman–Crippen LogP) is 3.65. The minimum Gasteiger partial charge on any atom is -0.398 e. The van der Waals surface area contributed by atoms with Crippen molar-refractivity contribution in [3.8, 4) is 0 Å². The van der Waals surface area contributed by atoms with Gasteiger partial charge in [-0.05, 0) is 49.3 Å². The Kier molecular flexibility index (Phi) is 3.57. The van der Waals surface area contributed by atoms with Gasteiger partial charge in [0.2, 0.25) is 5.91 Å². The maximum Gasteiger partial charge on any atom is 0.228 e. The van der Waals surface area contributed by atoms with E-state index in [9.17, 15) is 4.79 Å². The van der Waals surface area contributed by atoms with Crippen LogP contribution in [0.5, 0.6) is 0 Å². The number of nitrogens with one attached hydrogen (secondary N) is 1. The number of nitrogens with two attached hydrogens (primary N) is 1. The Morgan fingerprint density at radius 3 is 2.63 bits per heavy atom. The molecular weight excluding hydrogens is 236 g/mol. The highest BCUT2D eigenvalue weighted by molar-refractivity contribution is 5.95. The number of aryl methyl sites for hydroxylation is 1. The van der Waals surface area contributed by atoms with Crippen LogP contribution in [0.4, 0.5) is 11.4 Å². The Balaban J connectivity index is 2.23. The molecule has 1 amide bonds. The van der Waals surface area contributed by atoms with Crippen LogP contribution in [0.2, 0.25) is 0 Å². The van der Waals surface area contributed by atoms with Crippen LogP contribution in [0.25, 0.3) is 0 Å². The Morgan fingerprint density at radius 1 is 1.37 bits per heavy atom. The highest BCUT2D eigenvalue weighted by atomic mass is 16.1. The summed E-state index contributed by atoms with van der Waals surface area (Å²) in [7, 11) is 0. The van der Waals surface area contributed by atoms with Crippen LogP contribution in [0.15, 0.2) is 12.1 Å². The zero-order chi connectivity index (χ0) is 14.2. The van der Waals surface area contributed by atoms with E-state index in [-0.39, 0.29) is 17.2 Å². The van der Waals surface area contributed by atoms with Crippen molar-refractivity contribution in [3.05, 3.63) is 23.3 Å². The Hall–Kier alpha value is -1.51. The summed E-state index contributed by atoms with van der Waals surface area (Å²) < 4.78 is 0. The van der Waals surface area contributed by atoms with Crippen molar-refractivity contribution in [2.24, 2.45) is 11.3 Å². The lowest BCUT2D eigenvalue weighted by Crippen LogP contribution is -2.31. The lowest BCUT2D eigenvalue weighted by molar-refractivity contribution is -0.122. The van der Waals surface area contributed by atoms with Gasteiger partial charge in [-0.1, -0.05) is 26.3 Å². The van der Waals surface area contributed by atoms with E-state index in [1.165, 1.54) is 0 Å². The molecule has 3 nitrogen and oxygen atoms in total. The predicted molar refractivity (Wildman–Crippen MR) is 80.1 cm³/mol. The van der Waals surface area contributed by atoms with Crippen LogP contribution in [0.3, 0.4) is 0 Å². The van der Waals surface area contributed by atoms with Gasteiger partial charge in [0, 0.05) is 17.3 Å².